The Bertz CT molecular complexity index is 937. The number of hydrogen-bond acceptors (Lipinski definition) is 6. The highest BCUT2D eigenvalue weighted by Gasteiger charge is 2.30. The van der Waals surface area contributed by atoms with E-state index in [-0.39, 0.29) is 5.75 Å². The molecule has 0 spiro atoms. The maximum atomic E-state index is 12.7. The highest BCUT2D eigenvalue weighted by Crippen LogP contribution is 2.35. The maximum absolute atomic E-state index is 12.7. The predicted octanol–water partition coefficient (Wildman–Crippen LogP) is 5.45. The van der Waals surface area contributed by atoms with Gasteiger partial charge in [-0.25, -0.2) is 10.3 Å². The fraction of sp³-hybridized carbons (Fsp3) is 0.273. The molecule has 0 aliphatic carbocycles. The molecule has 0 saturated carbocycles. The van der Waals surface area contributed by atoms with E-state index in [9.17, 15) is 14.7 Å². The number of halogens is 2. The van der Waals surface area contributed by atoms with Gasteiger partial charge in [-0.2, -0.15) is 0 Å². The Balaban J connectivity index is 2.25. The monoisotopic (exact) mass is 570 g/mol. The summed E-state index contributed by atoms with van der Waals surface area (Å²) in [5, 5.41) is 21.7. The van der Waals surface area contributed by atoms with Crippen molar-refractivity contribution in [2.75, 3.05) is 11.9 Å². The smallest absolute Gasteiger partial charge is 0.412 e. The van der Waals surface area contributed by atoms with Crippen LogP contribution < -0.4 is 10.8 Å². The minimum absolute atomic E-state index is 0.0467. The number of phenols is 1. The van der Waals surface area contributed by atoms with Gasteiger partial charge in [0.2, 0.25) is 0 Å². The van der Waals surface area contributed by atoms with Crippen molar-refractivity contribution in [3.63, 3.8) is 0 Å². The number of benzene rings is 2. The summed E-state index contributed by atoms with van der Waals surface area (Å²) >= 11 is 6.72. The van der Waals surface area contributed by atoms with Gasteiger partial charge in [0.1, 0.15) is 5.75 Å². The molecule has 172 valence electrons. The van der Waals surface area contributed by atoms with Crippen LogP contribution in [-0.4, -0.2) is 35.0 Å². The van der Waals surface area contributed by atoms with Gasteiger partial charge in [-0.05, 0) is 62.2 Å². The van der Waals surface area contributed by atoms with Gasteiger partial charge in [0, 0.05) is 32.9 Å². The normalized spacial score (nSPS) is 12.9. The zero-order valence-corrected chi connectivity index (χ0v) is 20.4. The number of carbonyl (C=O) groups is 2. The number of carbonyl (C=O) groups excluding carboxylic acids is 2. The summed E-state index contributed by atoms with van der Waals surface area (Å²) in [5.41, 5.74) is 2.44. The van der Waals surface area contributed by atoms with Crippen molar-refractivity contribution in [3.8, 4) is 5.75 Å². The number of anilines is 1. The lowest BCUT2D eigenvalue weighted by Gasteiger charge is -2.28. The first-order chi connectivity index (χ1) is 15.3. The molecule has 0 saturated heterocycles. The maximum Gasteiger partial charge on any atom is 0.412 e. The highest BCUT2D eigenvalue weighted by atomic mass is 79.9. The van der Waals surface area contributed by atoms with Crippen LogP contribution in [0.4, 0.5) is 10.5 Å². The first kappa shape index (κ1) is 25.9. The molecule has 2 aromatic rings. The molecular weight excluding hydrogens is 548 g/mol. The van der Waals surface area contributed by atoms with Gasteiger partial charge in [0.25, 0.3) is 5.91 Å². The summed E-state index contributed by atoms with van der Waals surface area (Å²) < 4.78 is 13.1. The summed E-state index contributed by atoms with van der Waals surface area (Å²) in [4.78, 5) is 23.8. The van der Waals surface area contributed by atoms with Gasteiger partial charge >= 0.3 is 6.09 Å². The summed E-state index contributed by atoms with van der Waals surface area (Å²) in [7, 11) is 0. The Morgan fingerprint density at radius 3 is 2.47 bits per heavy atom. The average Bonchev–Trinajstić information content (AvgIpc) is 2.77. The Morgan fingerprint density at radius 2 is 1.81 bits per heavy atom. The molecular formula is C22H24Br2N2O6. The van der Waals surface area contributed by atoms with E-state index in [0.717, 1.165) is 4.47 Å². The summed E-state index contributed by atoms with van der Waals surface area (Å²) in [5.74, 6) is -0.696. The van der Waals surface area contributed by atoms with Crippen LogP contribution in [0.2, 0.25) is 0 Å². The van der Waals surface area contributed by atoms with Crippen molar-refractivity contribution in [2.24, 2.45) is 0 Å². The molecule has 2 atom stereocenters. The van der Waals surface area contributed by atoms with E-state index >= 15 is 0 Å². The first-order valence-electron chi connectivity index (χ1n) is 9.77. The lowest BCUT2D eigenvalue weighted by molar-refractivity contribution is -0.124. The van der Waals surface area contributed by atoms with Crippen LogP contribution in [0.3, 0.4) is 0 Å². The molecule has 0 aliphatic rings. The van der Waals surface area contributed by atoms with Crippen molar-refractivity contribution in [2.45, 2.75) is 32.0 Å². The number of hydrogen-bond donors (Lipinski definition) is 4. The molecule has 2 amide bonds. The topological polar surface area (TPSA) is 117 Å². The van der Waals surface area contributed by atoms with Crippen LogP contribution in [0.15, 0.2) is 63.6 Å². The second-order valence-electron chi connectivity index (χ2n) is 6.61. The van der Waals surface area contributed by atoms with Crippen molar-refractivity contribution in [1.82, 2.24) is 5.48 Å². The Kier molecular flexibility index (Phi) is 10.7. The quantitative estimate of drug-likeness (QED) is 0.171. The predicted molar refractivity (Wildman–Crippen MR) is 127 cm³/mol. The molecule has 2 rings (SSSR count). The number of nitrogens with one attached hydrogen (secondary N) is 2. The average molecular weight is 572 g/mol. The zero-order valence-electron chi connectivity index (χ0n) is 17.3. The molecule has 0 fully saturated rings. The van der Waals surface area contributed by atoms with Gasteiger partial charge in [-0.15, -0.1) is 0 Å². The van der Waals surface area contributed by atoms with E-state index in [1.54, 1.807) is 42.5 Å². The lowest BCUT2D eigenvalue weighted by atomic mass is 9.99. The van der Waals surface area contributed by atoms with Crippen molar-refractivity contribution in [1.29, 1.82) is 0 Å². The van der Waals surface area contributed by atoms with Crippen molar-refractivity contribution >= 4 is 49.5 Å². The lowest BCUT2D eigenvalue weighted by Crippen LogP contribution is -2.29. The summed E-state index contributed by atoms with van der Waals surface area (Å²) in [6, 6.07) is 11.8. The number of aromatic hydroxyl groups is 1. The zero-order chi connectivity index (χ0) is 23.5. The number of hydroxylamine groups is 1. The Morgan fingerprint density at radius 1 is 1.12 bits per heavy atom. The van der Waals surface area contributed by atoms with Crippen LogP contribution in [0, 0.1) is 0 Å². The van der Waals surface area contributed by atoms with Crippen LogP contribution in [0.5, 0.6) is 5.75 Å². The van der Waals surface area contributed by atoms with Gasteiger partial charge < -0.3 is 14.6 Å². The fourth-order valence-electron chi connectivity index (χ4n) is 2.91. The SMILES string of the molecule is CCO[C@@H](CC/C=C/C(=O)NO)[C@@H](OC(=O)Nc1ccc(Br)cc1)c1cc(Br)ccc1O. The molecule has 2 aromatic carbocycles. The largest absolute Gasteiger partial charge is 0.508 e. The third kappa shape index (κ3) is 8.27. The molecule has 0 bridgehead atoms. The van der Waals surface area contributed by atoms with Crippen LogP contribution in [-0.2, 0) is 14.3 Å². The molecule has 32 heavy (non-hydrogen) atoms. The van der Waals surface area contributed by atoms with E-state index in [2.05, 4.69) is 37.2 Å². The Labute approximate surface area is 202 Å². The second-order valence-corrected chi connectivity index (χ2v) is 8.44. The molecule has 0 aliphatic heterocycles. The molecule has 8 nitrogen and oxygen atoms in total. The fourth-order valence-corrected chi connectivity index (χ4v) is 3.56. The number of allylic oxidation sites excluding steroid dienone is 1. The number of ether oxygens (including phenoxy) is 2. The molecule has 0 unspecified atom stereocenters. The third-order valence-corrected chi connectivity index (χ3v) is 5.36. The Hall–Kier alpha value is -2.40. The minimum Gasteiger partial charge on any atom is -0.508 e. The molecule has 4 N–H and O–H groups in total. The van der Waals surface area contributed by atoms with Gasteiger partial charge in [0.15, 0.2) is 6.10 Å². The molecule has 0 aromatic heterocycles. The second kappa shape index (κ2) is 13.2. The summed E-state index contributed by atoms with van der Waals surface area (Å²) in [6.07, 6.45) is 1.29. The van der Waals surface area contributed by atoms with Gasteiger partial charge in [-0.3, -0.25) is 15.3 Å². The van der Waals surface area contributed by atoms with Crippen LogP contribution in [0.25, 0.3) is 0 Å². The molecule has 10 heteroatoms. The number of phenolic OH excluding ortho intramolecular Hbond substituents is 1. The summed E-state index contributed by atoms with van der Waals surface area (Å²) in [6.45, 7) is 2.15. The van der Waals surface area contributed by atoms with Gasteiger partial charge in [-0.1, -0.05) is 37.9 Å². The molecule has 0 heterocycles. The van der Waals surface area contributed by atoms with E-state index in [4.69, 9.17) is 14.7 Å². The van der Waals surface area contributed by atoms with E-state index in [1.165, 1.54) is 17.6 Å². The number of rotatable bonds is 10. The van der Waals surface area contributed by atoms with Gasteiger partial charge in [0.05, 0.1) is 6.10 Å². The van der Waals surface area contributed by atoms with E-state index < -0.39 is 24.2 Å². The molecule has 0 radical (unpaired) electrons. The van der Waals surface area contributed by atoms with Crippen molar-refractivity contribution < 1.29 is 29.4 Å². The first-order valence-corrected chi connectivity index (χ1v) is 11.4. The van der Waals surface area contributed by atoms with E-state index in [1.807, 2.05) is 6.92 Å². The highest BCUT2D eigenvalue weighted by molar-refractivity contribution is 9.10. The van der Waals surface area contributed by atoms with Crippen LogP contribution >= 0.6 is 31.9 Å². The third-order valence-electron chi connectivity index (χ3n) is 4.34. The van der Waals surface area contributed by atoms with Crippen LogP contribution in [0.1, 0.15) is 31.4 Å². The minimum atomic E-state index is -0.928. The van der Waals surface area contributed by atoms with Crippen molar-refractivity contribution in [3.05, 3.63) is 69.1 Å². The standard InChI is InChI=1S/C22H24Br2N2O6/c1-2-31-19(5-3-4-6-20(28)26-30)21(17-13-15(24)9-12-18(17)27)32-22(29)25-16-10-7-14(23)8-11-16/h4,6-13,19,21,27,30H,2-3,5H2,1H3,(H,25,29)(H,26,28)/b6-4+/t19-,21-/m0/s1. The van der Waals surface area contributed by atoms with E-state index in [0.29, 0.717) is 35.2 Å². The number of amides is 2.